The van der Waals surface area contributed by atoms with Crippen molar-refractivity contribution in [1.29, 1.82) is 0 Å². The lowest BCUT2D eigenvalue weighted by Crippen LogP contribution is -2.30. The Hall–Kier alpha value is -3.64. The first kappa shape index (κ1) is 20.3. The van der Waals surface area contributed by atoms with E-state index in [1.807, 2.05) is 48.7 Å². The number of hydrogen-bond donors (Lipinski definition) is 1. The zero-order chi connectivity index (χ0) is 22.1. The van der Waals surface area contributed by atoms with Crippen molar-refractivity contribution < 1.29 is 4.74 Å². The van der Waals surface area contributed by atoms with Gasteiger partial charge in [-0.15, -0.1) is 0 Å². The Bertz CT molecular complexity index is 1250. The summed E-state index contributed by atoms with van der Waals surface area (Å²) in [5.74, 6) is 0.775. The van der Waals surface area contributed by atoms with Gasteiger partial charge in [-0.05, 0) is 67.2 Å². The second-order valence-electron chi connectivity index (χ2n) is 7.76. The summed E-state index contributed by atoms with van der Waals surface area (Å²) in [7, 11) is 1.69. The molecule has 160 valence electrons. The minimum Gasteiger partial charge on any atom is -0.495 e. The van der Waals surface area contributed by atoms with E-state index >= 15 is 0 Å². The fourth-order valence-electron chi connectivity index (χ4n) is 4.43. The van der Waals surface area contributed by atoms with Gasteiger partial charge in [-0.1, -0.05) is 36.4 Å². The molecule has 0 bridgehead atoms. The first-order valence-electron chi connectivity index (χ1n) is 10.6. The molecule has 5 nitrogen and oxygen atoms in total. The molecule has 1 saturated heterocycles. The zero-order valence-corrected chi connectivity index (χ0v) is 18.8. The molecule has 0 aliphatic carbocycles. The first-order valence-corrected chi connectivity index (χ1v) is 11.0. The fraction of sp³-hybridized carbons (Fsp3) is 0.154. The number of methoxy groups -OCH3 is 1. The van der Waals surface area contributed by atoms with E-state index in [0.717, 1.165) is 28.5 Å². The Morgan fingerprint density at radius 2 is 1.66 bits per heavy atom. The van der Waals surface area contributed by atoms with Crippen LogP contribution >= 0.6 is 12.2 Å². The molecule has 0 saturated carbocycles. The van der Waals surface area contributed by atoms with Crippen molar-refractivity contribution in [3.05, 3.63) is 108 Å². The average Bonchev–Trinajstić information content (AvgIpc) is 3.44. The van der Waals surface area contributed by atoms with Crippen LogP contribution in [-0.4, -0.2) is 21.8 Å². The van der Waals surface area contributed by atoms with Crippen LogP contribution in [-0.2, 0) is 0 Å². The van der Waals surface area contributed by atoms with Crippen molar-refractivity contribution in [2.45, 2.75) is 19.0 Å². The van der Waals surface area contributed by atoms with Gasteiger partial charge < -0.3 is 19.5 Å². The number of aryl methyl sites for hydroxylation is 1. The molecule has 0 spiro atoms. The zero-order valence-electron chi connectivity index (χ0n) is 18.0. The van der Waals surface area contributed by atoms with Crippen molar-refractivity contribution >= 4 is 23.0 Å². The molecule has 2 aromatic carbocycles. The highest BCUT2D eigenvalue weighted by Crippen LogP contribution is 2.44. The molecular formula is C26H24N4OS. The molecule has 1 aliphatic heterocycles. The molecule has 32 heavy (non-hydrogen) atoms. The van der Waals surface area contributed by atoms with Gasteiger partial charge in [-0.25, -0.2) is 0 Å². The molecule has 0 unspecified atom stereocenters. The lowest BCUT2D eigenvalue weighted by molar-refractivity contribution is 0.414. The topological polar surface area (TPSA) is 42.3 Å². The monoisotopic (exact) mass is 440 g/mol. The van der Waals surface area contributed by atoms with Crippen molar-refractivity contribution in [3.8, 4) is 11.4 Å². The molecule has 1 aliphatic rings. The maximum absolute atomic E-state index is 5.87. The summed E-state index contributed by atoms with van der Waals surface area (Å²) in [6.07, 6.45) is 3.93. The molecule has 0 amide bonds. The standard InChI is InChI=1S/C26H24N4OS/c1-18-10-3-4-12-20(18)29-17-9-14-22(29)25-24(19-11-7-8-16-27-19)28-26(32)30(25)21-13-5-6-15-23(21)31-2/h3-17,24-25H,1-2H3,(H,28,32)/t24-,25+/m1/s1. The molecule has 1 N–H and O–H groups in total. The van der Waals surface area contributed by atoms with Gasteiger partial charge in [0.15, 0.2) is 5.11 Å². The largest absolute Gasteiger partial charge is 0.495 e. The summed E-state index contributed by atoms with van der Waals surface area (Å²) in [5.41, 5.74) is 5.33. The minimum absolute atomic E-state index is 0.119. The summed E-state index contributed by atoms with van der Waals surface area (Å²) in [6.45, 7) is 2.13. The van der Waals surface area contributed by atoms with Crippen molar-refractivity contribution in [1.82, 2.24) is 14.9 Å². The van der Waals surface area contributed by atoms with Crippen LogP contribution in [0.4, 0.5) is 5.69 Å². The second-order valence-corrected chi connectivity index (χ2v) is 8.14. The Balaban J connectivity index is 1.71. The van der Waals surface area contributed by atoms with Crippen LogP contribution in [0.25, 0.3) is 5.69 Å². The number of aromatic nitrogens is 2. The lowest BCUT2D eigenvalue weighted by atomic mass is 10.0. The fourth-order valence-corrected chi connectivity index (χ4v) is 4.77. The predicted molar refractivity (Wildman–Crippen MR) is 131 cm³/mol. The molecule has 3 heterocycles. The third-order valence-electron chi connectivity index (χ3n) is 5.90. The van der Waals surface area contributed by atoms with E-state index in [2.05, 4.69) is 69.3 Å². The number of ether oxygens (including phenoxy) is 1. The minimum atomic E-state index is -0.122. The molecule has 2 aromatic heterocycles. The Kier molecular flexibility index (Phi) is 5.37. The molecular weight excluding hydrogens is 416 g/mol. The van der Waals surface area contributed by atoms with Gasteiger partial charge >= 0.3 is 0 Å². The highest BCUT2D eigenvalue weighted by Gasteiger charge is 2.43. The van der Waals surface area contributed by atoms with E-state index in [1.165, 1.54) is 5.56 Å². The third-order valence-corrected chi connectivity index (χ3v) is 6.22. The quantitative estimate of drug-likeness (QED) is 0.423. The number of anilines is 1. The number of thiocarbonyl (C=S) groups is 1. The van der Waals surface area contributed by atoms with Crippen LogP contribution < -0.4 is 15.0 Å². The highest BCUT2D eigenvalue weighted by molar-refractivity contribution is 7.80. The number of para-hydroxylation sites is 3. The first-order chi connectivity index (χ1) is 15.7. The maximum Gasteiger partial charge on any atom is 0.174 e. The van der Waals surface area contributed by atoms with E-state index in [4.69, 9.17) is 17.0 Å². The predicted octanol–water partition coefficient (Wildman–Crippen LogP) is 5.37. The van der Waals surface area contributed by atoms with Crippen LogP contribution in [0.5, 0.6) is 5.75 Å². The Morgan fingerprint density at radius 1 is 0.906 bits per heavy atom. The summed E-state index contributed by atoms with van der Waals surface area (Å²) in [6, 6.07) is 26.4. The number of rotatable bonds is 5. The van der Waals surface area contributed by atoms with Crippen LogP contribution in [0, 0.1) is 6.92 Å². The van der Waals surface area contributed by atoms with Crippen LogP contribution in [0.15, 0.2) is 91.3 Å². The third kappa shape index (κ3) is 3.42. The van der Waals surface area contributed by atoms with E-state index < -0.39 is 0 Å². The number of nitrogens with one attached hydrogen (secondary N) is 1. The molecule has 1 fully saturated rings. The van der Waals surface area contributed by atoms with Gasteiger partial charge in [-0.2, -0.15) is 0 Å². The van der Waals surface area contributed by atoms with Crippen LogP contribution in [0.2, 0.25) is 0 Å². The average molecular weight is 441 g/mol. The SMILES string of the molecule is COc1ccccc1N1C(=S)N[C@H](c2ccccn2)[C@@H]1c1cccn1-c1ccccc1C. The van der Waals surface area contributed by atoms with E-state index in [0.29, 0.717) is 5.11 Å². The Morgan fingerprint density at radius 3 is 2.41 bits per heavy atom. The molecule has 4 aromatic rings. The smallest absolute Gasteiger partial charge is 0.174 e. The maximum atomic E-state index is 5.87. The van der Waals surface area contributed by atoms with Gasteiger partial charge in [0, 0.05) is 23.8 Å². The number of benzene rings is 2. The number of hydrogen-bond acceptors (Lipinski definition) is 3. The van der Waals surface area contributed by atoms with Gasteiger partial charge in [-0.3, -0.25) is 4.98 Å². The van der Waals surface area contributed by atoms with Crippen molar-refractivity contribution in [3.63, 3.8) is 0 Å². The number of pyridine rings is 1. The van der Waals surface area contributed by atoms with Crippen molar-refractivity contribution in [2.75, 3.05) is 12.0 Å². The van der Waals surface area contributed by atoms with E-state index in [1.54, 1.807) is 7.11 Å². The van der Waals surface area contributed by atoms with Gasteiger partial charge in [0.05, 0.1) is 24.5 Å². The van der Waals surface area contributed by atoms with Crippen LogP contribution in [0.3, 0.4) is 0 Å². The Labute approximate surface area is 193 Å². The molecule has 0 radical (unpaired) electrons. The normalized spacial score (nSPS) is 17.9. The van der Waals surface area contributed by atoms with E-state index in [-0.39, 0.29) is 12.1 Å². The second kappa shape index (κ2) is 8.48. The van der Waals surface area contributed by atoms with E-state index in [9.17, 15) is 0 Å². The summed E-state index contributed by atoms with van der Waals surface area (Å²) in [5, 5.41) is 4.17. The lowest BCUT2D eigenvalue weighted by Gasteiger charge is -2.30. The molecule has 5 rings (SSSR count). The highest BCUT2D eigenvalue weighted by atomic mass is 32.1. The van der Waals surface area contributed by atoms with Gasteiger partial charge in [0.2, 0.25) is 0 Å². The van der Waals surface area contributed by atoms with Gasteiger partial charge in [0.1, 0.15) is 11.8 Å². The van der Waals surface area contributed by atoms with Crippen LogP contribution in [0.1, 0.15) is 29.0 Å². The summed E-state index contributed by atoms with van der Waals surface area (Å²) in [4.78, 5) is 6.81. The molecule has 2 atom stereocenters. The molecule has 6 heteroatoms. The number of nitrogens with zero attached hydrogens (tertiary/aromatic N) is 3. The van der Waals surface area contributed by atoms with Crippen molar-refractivity contribution in [2.24, 2.45) is 0 Å². The van der Waals surface area contributed by atoms with Gasteiger partial charge in [0.25, 0.3) is 0 Å². The summed E-state index contributed by atoms with van der Waals surface area (Å²) >= 11 is 5.87. The summed E-state index contributed by atoms with van der Waals surface area (Å²) < 4.78 is 7.94.